The molecule has 1 saturated carbocycles. The molecular formula is C35H44NO6P. The van der Waals surface area contributed by atoms with Crippen LogP contribution in [0.4, 0.5) is 5.69 Å². The molecule has 1 aliphatic carbocycles. The highest BCUT2D eigenvalue weighted by Crippen LogP contribution is 2.46. The van der Waals surface area contributed by atoms with Crippen LogP contribution >= 0.6 is 7.82 Å². The summed E-state index contributed by atoms with van der Waals surface area (Å²) in [7, 11) is -4.60. The van der Waals surface area contributed by atoms with Crippen molar-refractivity contribution >= 4 is 19.4 Å². The number of anilines is 1. The molecule has 1 atom stereocenters. The Labute approximate surface area is 255 Å². The Morgan fingerprint density at radius 3 is 2.21 bits per heavy atom. The summed E-state index contributed by atoms with van der Waals surface area (Å²) in [6.07, 6.45) is 7.21. The summed E-state index contributed by atoms with van der Waals surface area (Å²) in [5.41, 5.74) is 4.58. The second kappa shape index (κ2) is 13.4. The quantitative estimate of drug-likeness (QED) is 0.200. The number of ether oxygens (including phenoxy) is 1. The lowest BCUT2D eigenvalue weighted by Gasteiger charge is -2.29. The molecule has 0 saturated heterocycles. The average Bonchev–Trinajstić information content (AvgIpc) is 2.95. The molecule has 1 aliphatic heterocycles. The van der Waals surface area contributed by atoms with Gasteiger partial charge in [-0.15, -0.1) is 0 Å². The molecule has 0 spiro atoms. The number of carbonyl (C=O) groups is 1. The third kappa shape index (κ3) is 8.36. The van der Waals surface area contributed by atoms with Crippen LogP contribution in [0.2, 0.25) is 0 Å². The number of hydrogen-bond acceptors (Lipinski definition) is 4. The molecule has 43 heavy (non-hydrogen) atoms. The summed E-state index contributed by atoms with van der Waals surface area (Å²) in [4.78, 5) is 32.8. The molecule has 1 heterocycles. The molecule has 1 fully saturated rings. The number of phosphoric ester groups is 1. The molecule has 5 rings (SSSR count). The van der Waals surface area contributed by atoms with Crippen molar-refractivity contribution in [3.63, 3.8) is 0 Å². The Kier molecular flexibility index (Phi) is 9.77. The fraction of sp³-hybridized carbons (Fsp3) is 0.457. The smallest absolute Gasteiger partial charge is 0.457 e. The minimum Gasteiger partial charge on any atom is -0.457 e. The van der Waals surface area contributed by atoms with Crippen molar-refractivity contribution in [2.45, 2.75) is 96.0 Å². The van der Waals surface area contributed by atoms with Gasteiger partial charge in [-0.3, -0.25) is 9.32 Å². The van der Waals surface area contributed by atoms with E-state index in [1.165, 1.54) is 6.42 Å². The fourth-order valence-electron chi connectivity index (χ4n) is 6.65. The van der Waals surface area contributed by atoms with Gasteiger partial charge in [0, 0.05) is 29.2 Å². The number of rotatable bonds is 10. The van der Waals surface area contributed by atoms with Crippen molar-refractivity contribution < 1.29 is 28.4 Å². The average molecular weight is 606 g/mol. The number of hydrogen-bond donors (Lipinski definition) is 3. The lowest BCUT2D eigenvalue weighted by Crippen LogP contribution is -2.22. The van der Waals surface area contributed by atoms with E-state index < -0.39 is 13.9 Å². The second-order valence-corrected chi connectivity index (χ2v) is 14.3. The molecule has 0 radical (unpaired) electrons. The predicted octanol–water partition coefficient (Wildman–Crippen LogP) is 8.63. The molecule has 230 valence electrons. The molecule has 2 aliphatic rings. The van der Waals surface area contributed by atoms with Gasteiger partial charge in [-0.1, -0.05) is 101 Å². The summed E-state index contributed by atoms with van der Waals surface area (Å²) in [5.74, 6) is 1.77. The summed E-state index contributed by atoms with van der Waals surface area (Å²) >= 11 is 0. The molecule has 1 amide bonds. The van der Waals surface area contributed by atoms with Crippen molar-refractivity contribution in [3.05, 3.63) is 89.0 Å². The number of nitrogens with one attached hydrogen (secondary N) is 1. The minimum atomic E-state index is -4.60. The van der Waals surface area contributed by atoms with Crippen molar-refractivity contribution in [2.24, 2.45) is 5.92 Å². The van der Waals surface area contributed by atoms with E-state index in [2.05, 4.69) is 38.2 Å². The standard InChI is InChI=1S/C35H44NO6P/c1-35(2,3)30-20-18-25(17-19-26(42-43(38,39)40)21-24-11-5-4-6-12-24)22-31(30)36-34(37)23-29-27-13-7-9-15-32(27)41-33-16-10-8-14-28(29)33/h7-10,13-16,18,20,22,24,26,29H,4-6,11-12,17,19,21,23H2,1-3H3,(H,36,37)(H2,38,39,40). The molecule has 3 aromatic rings. The maximum absolute atomic E-state index is 13.7. The zero-order chi connectivity index (χ0) is 30.6. The van der Waals surface area contributed by atoms with E-state index in [0.29, 0.717) is 25.2 Å². The summed E-state index contributed by atoms with van der Waals surface area (Å²) in [6, 6.07) is 21.9. The van der Waals surface area contributed by atoms with E-state index in [9.17, 15) is 19.1 Å². The molecular weight excluding hydrogens is 561 g/mol. The van der Waals surface area contributed by atoms with Crippen molar-refractivity contribution in [3.8, 4) is 11.5 Å². The van der Waals surface area contributed by atoms with E-state index in [-0.39, 0.29) is 23.7 Å². The van der Waals surface area contributed by atoms with Gasteiger partial charge in [0.2, 0.25) is 5.91 Å². The maximum Gasteiger partial charge on any atom is 0.469 e. The first-order valence-electron chi connectivity index (χ1n) is 15.5. The SMILES string of the molecule is CC(C)(C)c1ccc(CCC(CC2CCCCC2)OP(=O)(O)O)cc1NC(=O)CC1c2ccccc2Oc2ccccc21. The summed E-state index contributed by atoms with van der Waals surface area (Å²) in [6.45, 7) is 6.37. The Bertz CT molecular complexity index is 1420. The Hall–Kier alpha value is -2.96. The highest BCUT2D eigenvalue weighted by atomic mass is 31.2. The van der Waals surface area contributed by atoms with Gasteiger partial charge in [0.1, 0.15) is 11.5 Å². The fourth-order valence-corrected chi connectivity index (χ4v) is 7.23. The normalized spacial score (nSPS) is 16.6. The van der Waals surface area contributed by atoms with Gasteiger partial charge < -0.3 is 19.8 Å². The lowest BCUT2D eigenvalue weighted by atomic mass is 9.83. The van der Waals surface area contributed by atoms with Crippen molar-refractivity contribution in [1.82, 2.24) is 0 Å². The highest BCUT2D eigenvalue weighted by molar-refractivity contribution is 7.46. The van der Waals surface area contributed by atoms with Gasteiger partial charge in [-0.2, -0.15) is 0 Å². The van der Waals surface area contributed by atoms with Gasteiger partial charge in [0.15, 0.2) is 0 Å². The summed E-state index contributed by atoms with van der Waals surface area (Å²) < 4.78 is 23.1. The first-order chi connectivity index (χ1) is 20.5. The van der Waals surface area contributed by atoms with E-state index in [1.54, 1.807) is 0 Å². The number of phosphoric acid groups is 1. The number of amides is 1. The van der Waals surface area contributed by atoms with Crippen LogP contribution in [0.15, 0.2) is 66.7 Å². The Balaban J connectivity index is 1.33. The van der Waals surface area contributed by atoms with E-state index in [1.807, 2.05) is 54.6 Å². The number of benzene rings is 3. The van der Waals surface area contributed by atoms with Crippen molar-refractivity contribution in [1.29, 1.82) is 0 Å². The molecule has 7 nitrogen and oxygen atoms in total. The van der Waals surface area contributed by atoms with Gasteiger partial charge in [0.25, 0.3) is 0 Å². The molecule has 0 aromatic heterocycles. The molecule has 3 N–H and O–H groups in total. The van der Waals surface area contributed by atoms with Crippen LogP contribution in [0.1, 0.15) is 100 Å². The molecule has 1 unspecified atom stereocenters. The Morgan fingerprint density at radius 2 is 1.60 bits per heavy atom. The van der Waals surface area contributed by atoms with E-state index in [4.69, 9.17) is 9.26 Å². The number of carbonyl (C=O) groups excluding carboxylic acids is 1. The third-order valence-electron chi connectivity index (χ3n) is 8.73. The van der Waals surface area contributed by atoms with Crippen LogP contribution < -0.4 is 10.1 Å². The topological polar surface area (TPSA) is 105 Å². The number of para-hydroxylation sites is 2. The van der Waals surface area contributed by atoms with Crippen LogP contribution in [-0.2, 0) is 25.7 Å². The lowest BCUT2D eigenvalue weighted by molar-refractivity contribution is -0.116. The monoisotopic (exact) mass is 605 g/mol. The van der Waals surface area contributed by atoms with Gasteiger partial charge in [-0.05, 0) is 59.9 Å². The first-order valence-corrected chi connectivity index (χ1v) is 17.0. The van der Waals surface area contributed by atoms with Crippen LogP contribution in [0.3, 0.4) is 0 Å². The predicted molar refractivity (Wildman–Crippen MR) is 170 cm³/mol. The third-order valence-corrected chi connectivity index (χ3v) is 9.30. The first kappa shape index (κ1) is 31.5. The largest absolute Gasteiger partial charge is 0.469 e. The van der Waals surface area contributed by atoms with Gasteiger partial charge in [-0.25, -0.2) is 4.57 Å². The number of fused-ring (bicyclic) bond motifs is 2. The van der Waals surface area contributed by atoms with Crippen LogP contribution in [0, 0.1) is 5.92 Å². The van der Waals surface area contributed by atoms with Gasteiger partial charge in [0.05, 0.1) is 6.10 Å². The molecule has 0 bridgehead atoms. The molecule has 3 aromatic carbocycles. The molecule has 8 heteroatoms. The van der Waals surface area contributed by atoms with Crippen LogP contribution in [0.5, 0.6) is 11.5 Å². The highest BCUT2D eigenvalue weighted by Gasteiger charge is 2.30. The number of aryl methyl sites for hydroxylation is 1. The van der Waals surface area contributed by atoms with Gasteiger partial charge >= 0.3 is 7.82 Å². The zero-order valence-corrected chi connectivity index (χ0v) is 26.3. The summed E-state index contributed by atoms with van der Waals surface area (Å²) in [5, 5.41) is 3.22. The Morgan fingerprint density at radius 1 is 0.977 bits per heavy atom. The van der Waals surface area contributed by atoms with E-state index >= 15 is 0 Å². The zero-order valence-electron chi connectivity index (χ0n) is 25.4. The second-order valence-electron chi connectivity index (χ2n) is 13.1. The maximum atomic E-state index is 13.7. The van der Waals surface area contributed by atoms with Crippen LogP contribution in [-0.4, -0.2) is 21.8 Å². The van der Waals surface area contributed by atoms with Crippen LogP contribution in [0.25, 0.3) is 0 Å². The van der Waals surface area contributed by atoms with E-state index in [0.717, 1.165) is 65.1 Å². The minimum absolute atomic E-state index is 0.0841. The van der Waals surface area contributed by atoms with Crippen molar-refractivity contribution in [2.75, 3.05) is 5.32 Å².